The summed E-state index contributed by atoms with van der Waals surface area (Å²) in [7, 11) is 0. The molecule has 4 bridgehead atoms. The highest BCUT2D eigenvalue weighted by Crippen LogP contribution is 2.54. The molecular weight excluding hydrogens is 168 g/mol. The minimum atomic E-state index is 1.14. The number of hydrogen-bond acceptors (Lipinski definition) is 0. The highest BCUT2D eigenvalue weighted by Gasteiger charge is 2.42. The van der Waals surface area contributed by atoms with E-state index in [9.17, 15) is 0 Å². The van der Waals surface area contributed by atoms with Gasteiger partial charge >= 0.3 is 0 Å². The molecule has 0 unspecified atom stereocenters. The lowest BCUT2D eigenvalue weighted by Crippen LogP contribution is -2.37. The topological polar surface area (TPSA) is 0 Å². The molecule has 0 atom stereocenters. The van der Waals surface area contributed by atoms with Crippen molar-refractivity contribution in [3.63, 3.8) is 0 Å². The zero-order chi connectivity index (χ0) is 10.1. The first-order chi connectivity index (χ1) is 6.63. The van der Waals surface area contributed by atoms with E-state index in [0.717, 1.165) is 17.8 Å². The van der Waals surface area contributed by atoms with Crippen LogP contribution in [-0.4, -0.2) is 0 Å². The number of hydrogen-bond donors (Lipinski definition) is 0. The van der Waals surface area contributed by atoms with Crippen LogP contribution in [0.3, 0.4) is 0 Å². The maximum atomic E-state index is 2.08. The van der Waals surface area contributed by atoms with Gasteiger partial charge in [0.25, 0.3) is 0 Å². The van der Waals surface area contributed by atoms with E-state index in [4.69, 9.17) is 0 Å². The summed E-state index contributed by atoms with van der Waals surface area (Å²) < 4.78 is 0. The smallest absolute Gasteiger partial charge is 0.0233 e. The van der Waals surface area contributed by atoms with Crippen molar-refractivity contribution in [2.24, 2.45) is 17.8 Å². The van der Waals surface area contributed by atoms with Crippen molar-refractivity contribution < 1.29 is 0 Å². The van der Waals surface area contributed by atoms with E-state index in [0.29, 0.717) is 0 Å². The Morgan fingerprint density at radius 1 is 0.786 bits per heavy atom. The van der Waals surface area contributed by atoms with Crippen LogP contribution in [0.5, 0.6) is 0 Å². The Bertz CT molecular complexity index is 121. The van der Waals surface area contributed by atoms with E-state index >= 15 is 0 Å². The second-order valence-corrected chi connectivity index (χ2v) is 6.17. The van der Waals surface area contributed by atoms with Crippen LogP contribution in [0.2, 0.25) is 0 Å². The summed E-state index contributed by atoms with van der Waals surface area (Å²) in [5.74, 6) is 6.77. The second-order valence-electron chi connectivity index (χ2n) is 6.17. The summed E-state index contributed by atoms with van der Waals surface area (Å²) in [6, 6.07) is 0. The lowest BCUT2D eigenvalue weighted by molar-refractivity contribution is 0.0920. The van der Waals surface area contributed by atoms with Crippen LogP contribution in [0.15, 0.2) is 0 Å². The summed E-state index contributed by atoms with van der Waals surface area (Å²) in [6.07, 6.45) is 9.31. The Labute approximate surface area is 89.5 Å². The number of rotatable bonds is 0. The normalized spacial score (nSPS) is 39.9. The fraction of sp³-hybridized carbons (Fsp3) is 0.857. The second kappa shape index (κ2) is 4.24. The van der Waals surface area contributed by atoms with Gasteiger partial charge in [0, 0.05) is 0 Å². The first-order valence-electron chi connectivity index (χ1n) is 6.23. The van der Waals surface area contributed by atoms with Gasteiger partial charge in [-0.05, 0) is 68.1 Å². The largest absolute Gasteiger partial charge is 0.0597 e. The van der Waals surface area contributed by atoms with Gasteiger partial charge in [-0.3, -0.25) is 0 Å². The average molecular weight is 192 g/mol. The molecule has 0 heterocycles. The summed E-state index contributed by atoms with van der Waals surface area (Å²) in [6.45, 7) is 6.25. The lowest BCUT2D eigenvalue weighted by atomic mass is 9.56. The molecule has 4 fully saturated rings. The molecule has 0 nitrogen and oxygen atoms in total. The molecule has 80 valence electrons. The standard InChI is InChI=1S/C10H15.C4H9/c1-7-2-9-4-8(1)5-10(3-7)6-9;1-4(2)3/h7-9H,1-6H2;1-3H3. The third-order valence-electron chi connectivity index (χ3n) is 3.73. The van der Waals surface area contributed by atoms with Crippen molar-refractivity contribution in [3.8, 4) is 0 Å². The Kier molecular flexibility index (Phi) is 3.19. The molecule has 4 rings (SSSR count). The van der Waals surface area contributed by atoms with Crippen molar-refractivity contribution in [2.45, 2.75) is 59.3 Å². The van der Waals surface area contributed by atoms with Crippen LogP contribution in [-0.2, 0) is 0 Å². The fourth-order valence-corrected chi connectivity index (χ4v) is 3.68. The van der Waals surface area contributed by atoms with Crippen LogP contribution in [0.4, 0.5) is 0 Å². The van der Waals surface area contributed by atoms with Crippen molar-refractivity contribution in [3.05, 3.63) is 11.8 Å². The summed E-state index contributed by atoms with van der Waals surface area (Å²) in [4.78, 5) is 0. The molecule has 0 aromatic heterocycles. The molecule has 4 aliphatic rings. The van der Waals surface area contributed by atoms with Gasteiger partial charge in [-0.15, -0.1) is 0 Å². The molecule has 0 N–H and O–H groups in total. The zero-order valence-electron chi connectivity index (χ0n) is 9.97. The van der Waals surface area contributed by atoms with Gasteiger partial charge in [0.1, 0.15) is 0 Å². The van der Waals surface area contributed by atoms with Crippen molar-refractivity contribution in [1.82, 2.24) is 0 Å². The Morgan fingerprint density at radius 3 is 1.29 bits per heavy atom. The monoisotopic (exact) mass is 192 g/mol. The van der Waals surface area contributed by atoms with Gasteiger partial charge in [-0.1, -0.05) is 20.8 Å². The van der Waals surface area contributed by atoms with Crippen LogP contribution < -0.4 is 0 Å². The molecule has 0 aromatic rings. The van der Waals surface area contributed by atoms with Crippen LogP contribution in [0, 0.1) is 29.6 Å². The third kappa shape index (κ3) is 2.52. The quantitative estimate of drug-likeness (QED) is 0.533. The minimum absolute atomic E-state index is 1.14. The summed E-state index contributed by atoms with van der Waals surface area (Å²) in [5, 5.41) is 0. The molecule has 0 saturated heterocycles. The molecule has 0 aromatic carbocycles. The molecule has 0 amide bonds. The van der Waals surface area contributed by atoms with E-state index < -0.39 is 0 Å². The lowest BCUT2D eigenvalue weighted by Gasteiger charge is -2.49. The molecule has 2 radical (unpaired) electrons. The highest BCUT2D eigenvalue weighted by atomic mass is 14.5. The summed E-state index contributed by atoms with van der Waals surface area (Å²) in [5.41, 5.74) is 0. The van der Waals surface area contributed by atoms with Gasteiger partial charge in [-0.25, -0.2) is 0 Å². The highest BCUT2D eigenvalue weighted by molar-refractivity contribution is 5.08. The SMILES string of the molecule is C1[C]2CC3CC1CC(C2)C3.C[C](C)C. The molecule has 4 saturated carbocycles. The van der Waals surface area contributed by atoms with Crippen molar-refractivity contribution in [1.29, 1.82) is 0 Å². The maximum absolute atomic E-state index is 2.08. The van der Waals surface area contributed by atoms with E-state index in [1.165, 1.54) is 25.2 Å². The molecule has 0 aliphatic heterocycles. The predicted octanol–water partition coefficient (Wildman–Crippen LogP) is 4.41. The van der Waals surface area contributed by atoms with Gasteiger partial charge < -0.3 is 0 Å². The Morgan fingerprint density at radius 2 is 1.07 bits per heavy atom. The van der Waals surface area contributed by atoms with Gasteiger partial charge in [0.15, 0.2) is 0 Å². The first-order valence-corrected chi connectivity index (χ1v) is 6.23. The zero-order valence-corrected chi connectivity index (χ0v) is 9.97. The Hall–Kier alpha value is 0. The van der Waals surface area contributed by atoms with E-state index in [1.54, 1.807) is 19.3 Å². The molecule has 14 heavy (non-hydrogen) atoms. The Balaban J connectivity index is 0.000000165. The van der Waals surface area contributed by atoms with E-state index in [2.05, 4.69) is 20.8 Å². The molecular formula is C14H24. The van der Waals surface area contributed by atoms with E-state index in [-0.39, 0.29) is 0 Å². The van der Waals surface area contributed by atoms with Crippen LogP contribution in [0.25, 0.3) is 0 Å². The predicted molar refractivity (Wildman–Crippen MR) is 61.7 cm³/mol. The van der Waals surface area contributed by atoms with Crippen LogP contribution >= 0.6 is 0 Å². The van der Waals surface area contributed by atoms with E-state index in [1.807, 2.05) is 5.92 Å². The van der Waals surface area contributed by atoms with Crippen LogP contribution in [0.1, 0.15) is 59.3 Å². The average Bonchev–Trinajstić information content (AvgIpc) is 1.98. The van der Waals surface area contributed by atoms with Gasteiger partial charge in [0.05, 0.1) is 0 Å². The summed E-state index contributed by atoms with van der Waals surface area (Å²) >= 11 is 0. The van der Waals surface area contributed by atoms with Crippen molar-refractivity contribution in [2.75, 3.05) is 0 Å². The van der Waals surface area contributed by atoms with Gasteiger partial charge in [-0.2, -0.15) is 0 Å². The maximum Gasteiger partial charge on any atom is -0.0233 e. The fourth-order valence-electron chi connectivity index (χ4n) is 3.68. The molecule has 0 heteroatoms. The molecule has 4 aliphatic carbocycles. The van der Waals surface area contributed by atoms with Gasteiger partial charge in [0.2, 0.25) is 0 Å². The minimum Gasteiger partial charge on any atom is -0.0597 e. The molecule has 0 spiro atoms. The first kappa shape index (κ1) is 10.5. The van der Waals surface area contributed by atoms with Crippen molar-refractivity contribution >= 4 is 0 Å². The third-order valence-corrected chi connectivity index (χ3v) is 3.73.